The quantitative estimate of drug-likeness (QED) is 0.668. The van der Waals surface area contributed by atoms with Gasteiger partial charge in [-0.3, -0.25) is 10.1 Å². The highest BCUT2D eigenvalue weighted by Crippen LogP contribution is 2.35. The van der Waals surface area contributed by atoms with Crippen LogP contribution in [-0.2, 0) is 6.54 Å². The van der Waals surface area contributed by atoms with Gasteiger partial charge in [-0.25, -0.2) is 0 Å². The molecule has 2 rings (SSSR count). The third-order valence-electron chi connectivity index (χ3n) is 2.91. The molecule has 0 fully saturated rings. The molecule has 0 aromatic heterocycles. The van der Waals surface area contributed by atoms with Crippen molar-refractivity contribution in [2.45, 2.75) is 13.5 Å². The highest BCUT2D eigenvalue weighted by molar-refractivity contribution is 6.32. The number of benzene rings is 2. The van der Waals surface area contributed by atoms with Crippen molar-refractivity contribution in [2.24, 2.45) is 0 Å². The van der Waals surface area contributed by atoms with Crippen molar-refractivity contribution in [3.63, 3.8) is 0 Å². The first-order chi connectivity index (χ1) is 10.0. The summed E-state index contributed by atoms with van der Waals surface area (Å²) in [6.45, 7) is 2.47. The lowest BCUT2D eigenvalue weighted by atomic mass is 10.2. The lowest BCUT2D eigenvalue weighted by Crippen LogP contribution is -2.04. The van der Waals surface area contributed by atoms with E-state index < -0.39 is 4.92 Å². The van der Waals surface area contributed by atoms with Crippen LogP contribution in [0.5, 0.6) is 11.5 Å². The maximum absolute atomic E-state index is 11.1. The van der Waals surface area contributed by atoms with Crippen molar-refractivity contribution in [1.29, 1.82) is 0 Å². The molecule has 1 N–H and O–H groups in total. The smallest absolute Gasteiger partial charge is 0.311 e. The number of hydrogen-bond acceptors (Lipinski definition) is 4. The Labute approximate surface area is 127 Å². The Morgan fingerprint density at radius 2 is 1.95 bits per heavy atom. The lowest BCUT2D eigenvalue weighted by molar-refractivity contribution is -0.385. The van der Waals surface area contributed by atoms with Crippen molar-refractivity contribution < 1.29 is 9.66 Å². The molecule has 0 aliphatic carbocycles. The summed E-state index contributed by atoms with van der Waals surface area (Å²) in [5.74, 6) is 0.567. The minimum absolute atomic E-state index is 0.0784. The van der Waals surface area contributed by atoms with Gasteiger partial charge in [0.1, 0.15) is 5.75 Å². The zero-order valence-electron chi connectivity index (χ0n) is 11.7. The minimum Gasteiger partial charge on any atom is -0.449 e. The molecule has 2 aromatic carbocycles. The summed E-state index contributed by atoms with van der Waals surface area (Å²) >= 11 is 6.16. The SMILES string of the molecule is CNCc1ccc(Oc2ccc(C)cc2[N+](=O)[O-])c(Cl)c1. The van der Waals surface area contributed by atoms with Gasteiger partial charge < -0.3 is 10.1 Å². The van der Waals surface area contributed by atoms with Gasteiger partial charge >= 0.3 is 5.69 Å². The molecule has 0 aliphatic rings. The van der Waals surface area contributed by atoms with E-state index >= 15 is 0 Å². The first kappa shape index (κ1) is 15.3. The van der Waals surface area contributed by atoms with Gasteiger partial charge in [-0.1, -0.05) is 23.7 Å². The van der Waals surface area contributed by atoms with Gasteiger partial charge in [-0.15, -0.1) is 0 Å². The minimum atomic E-state index is -0.467. The highest BCUT2D eigenvalue weighted by Gasteiger charge is 2.17. The maximum Gasteiger partial charge on any atom is 0.311 e. The number of halogens is 1. The molecule has 0 spiro atoms. The number of ether oxygens (including phenoxy) is 1. The average molecular weight is 307 g/mol. The molecular weight excluding hydrogens is 292 g/mol. The predicted octanol–water partition coefficient (Wildman–Crippen LogP) is 4.07. The molecule has 0 radical (unpaired) electrons. The second-order valence-corrected chi connectivity index (χ2v) is 5.03. The lowest BCUT2D eigenvalue weighted by Gasteiger charge is -2.10. The largest absolute Gasteiger partial charge is 0.449 e. The Bertz CT molecular complexity index is 674. The maximum atomic E-state index is 11.1. The van der Waals surface area contributed by atoms with E-state index in [2.05, 4.69) is 5.32 Å². The van der Waals surface area contributed by atoms with Crippen LogP contribution in [0, 0.1) is 17.0 Å². The van der Waals surface area contributed by atoms with Crippen molar-refractivity contribution in [1.82, 2.24) is 5.32 Å². The Hall–Kier alpha value is -2.11. The van der Waals surface area contributed by atoms with Gasteiger partial charge in [-0.2, -0.15) is 0 Å². The number of nitro benzene ring substituents is 1. The number of rotatable bonds is 5. The highest BCUT2D eigenvalue weighted by atomic mass is 35.5. The van der Waals surface area contributed by atoms with E-state index in [0.717, 1.165) is 11.1 Å². The van der Waals surface area contributed by atoms with Crippen LogP contribution in [0.15, 0.2) is 36.4 Å². The van der Waals surface area contributed by atoms with Crippen LogP contribution in [0.4, 0.5) is 5.69 Å². The van der Waals surface area contributed by atoms with Crippen molar-refractivity contribution in [3.05, 3.63) is 62.7 Å². The van der Waals surface area contributed by atoms with Crippen LogP contribution in [0.25, 0.3) is 0 Å². The molecular formula is C15H15ClN2O3. The fourth-order valence-electron chi connectivity index (χ4n) is 1.92. The fourth-order valence-corrected chi connectivity index (χ4v) is 2.16. The molecule has 0 atom stereocenters. The van der Waals surface area contributed by atoms with E-state index in [4.69, 9.17) is 16.3 Å². The summed E-state index contributed by atoms with van der Waals surface area (Å²) < 4.78 is 5.60. The molecule has 5 nitrogen and oxygen atoms in total. The second-order valence-electron chi connectivity index (χ2n) is 4.63. The van der Waals surface area contributed by atoms with Crippen LogP contribution in [-0.4, -0.2) is 12.0 Å². The first-order valence-electron chi connectivity index (χ1n) is 6.37. The predicted molar refractivity (Wildman–Crippen MR) is 82.1 cm³/mol. The molecule has 0 saturated carbocycles. The number of nitrogens with zero attached hydrogens (tertiary/aromatic N) is 1. The van der Waals surface area contributed by atoms with Gasteiger partial charge in [-0.05, 0) is 43.3 Å². The van der Waals surface area contributed by atoms with Gasteiger partial charge in [0.15, 0.2) is 0 Å². The van der Waals surface area contributed by atoms with Gasteiger partial charge in [0.25, 0.3) is 0 Å². The molecule has 2 aromatic rings. The third-order valence-corrected chi connectivity index (χ3v) is 3.20. The third kappa shape index (κ3) is 3.71. The van der Waals surface area contributed by atoms with E-state index in [1.807, 2.05) is 13.1 Å². The Balaban J connectivity index is 2.32. The molecule has 0 unspecified atom stereocenters. The van der Waals surface area contributed by atoms with Crippen LogP contribution in [0.3, 0.4) is 0 Å². The molecule has 0 saturated heterocycles. The first-order valence-corrected chi connectivity index (χ1v) is 6.75. The zero-order valence-corrected chi connectivity index (χ0v) is 12.5. The summed E-state index contributed by atoms with van der Waals surface area (Å²) in [5, 5.41) is 14.5. The molecule has 21 heavy (non-hydrogen) atoms. The van der Waals surface area contributed by atoms with Crippen molar-refractivity contribution >= 4 is 17.3 Å². The molecule has 6 heteroatoms. The summed E-state index contributed by atoms with van der Waals surface area (Å²) in [6.07, 6.45) is 0. The van der Waals surface area contributed by atoms with Crippen LogP contribution >= 0.6 is 11.6 Å². The summed E-state index contributed by atoms with van der Waals surface area (Å²) in [7, 11) is 1.84. The van der Waals surface area contributed by atoms with Gasteiger partial charge in [0.05, 0.1) is 9.95 Å². The van der Waals surface area contributed by atoms with Crippen LogP contribution in [0.1, 0.15) is 11.1 Å². The Kier molecular flexibility index (Phi) is 4.77. The number of nitro groups is 1. The number of nitrogens with one attached hydrogen (secondary N) is 1. The normalized spacial score (nSPS) is 10.4. The van der Waals surface area contributed by atoms with Crippen LogP contribution < -0.4 is 10.1 Å². The van der Waals surface area contributed by atoms with Crippen molar-refractivity contribution in [3.8, 4) is 11.5 Å². The molecule has 0 heterocycles. The van der Waals surface area contributed by atoms with Gasteiger partial charge in [0, 0.05) is 12.6 Å². The Morgan fingerprint density at radius 3 is 2.57 bits per heavy atom. The van der Waals surface area contributed by atoms with Crippen LogP contribution in [0.2, 0.25) is 5.02 Å². The molecule has 0 aliphatic heterocycles. The molecule has 110 valence electrons. The zero-order chi connectivity index (χ0) is 15.4. The van der Waals surface area contributed by atoms with E-state index in [1.54, 1.807) is 31.2 Å². The van der Waals surface area contributed by atoms with Crippen molar-refractivity contribution in [2.75, 3.05) is 7.05 Å². The monoisotopic (exact) mass is 306 g/mol. The second kappa shape index (κ2) is 6.56. The van der Waals surface area contributed by atoms with E-state index in [1.165, 1.54) is 6.07 Å². The van der Waals surface area contributed by atoms with E-state index in [-0.39, 0.29) is 11.4 Å². The van der Waals surface area contributed by atoms with E-state index in [9.17, 15) is 10.1 Å². The standard InChI is InChI=1S/C15H15ClN2O3/c1-10-3-5-15(13(7-10)18(19)20)21-14-6-4-11(9-17-2)8-12(14)16/h3-8,17H,9H2,1-2H3. The summed E-state index contributed by atoms with van der Waals surface area (Å²) in [5.41, 5.74) is 1.73. The fraction of sp³-hybridized carbons (Fsp3) is 0.200. The molecule has 0 bridgehead atoms. The number of hydrogen-bond donors (Lipinski definition) is 1. The number of aryl methyl sites for hydroxylation is 1. The average Bonchev–Trinajstić information content (AvgIpc) is 2.43. The summed E-state index contributed by atoms with van der Waals surface area (Å²) in [4.78, 5) is 10.6. The summed E-state index contributed by atoms with van der Waals surface area (Å²) in [6, 6.07) is 10.1. The topological polar surface area (TPSA) is 64.4 Å². The molecule has 0 amide bonds. The van der Waals surface area contributed by atoms with E-state index in [0.29, 0.717) is 17.3 Å². The van der Waals surface area contributed by atoms with Gasteiger partial charge in [0.2, 0.25) is 5.75 Å². The Morgan fingerprint density at radius 1 is 1.24 bits per heavy atom.